The normalized spacial score (nSPS) is 13.5. The zero-order chi connectivity index (χ0) is 19.3. The van der Waals surface area contributed by atoms with Gasteiger partial charge in [-0.05, 0) is 36.4 Å². The van der Waals surface area contributed by atoms with Gasteiger partial charge in [-0.25, -0.2) is 4.98 Å². The molecule has 3 aromatic rings. The van der Waals surface area contributed by atoms with Gasteiger partial charge in [-0.2, -0.15) is 0 Å². The molecule has 140 valence electrons. The maximum Gasteiger partial charge on any atom is 0.274 e. The minimum absolute atomic E-state index is 0.111. The molecule has 0 radical (unpaired) electrons. The number of carbonyl (C=O) groups excluding carboxylic acids is 2. The number of rotatable bonds is 5. The Labute approximate surface area is 162 Å². The van der Waals surface area contributed by atoms with E-state index in [4.69, 9.17) is 4.74 Å². The van der Waals surface area contributed by atoms with Crippen LogP contribution in [0.5, 0.6) is 11.5 Å². The Balaban J connectivity index is 1.28. The van der Waals surface area contributed by atoms with Crippen LogP contribution in [-0.2, 0) is 4.79 Å². The third-order valence-corrected chi connectivity index (χ3v) is 4.42. The van der Waals surface area contributed by atoms with E-state index in [1.165, 1.54) is 18.6 Å². The summed E-state index contributed by atoms with van der Waals surface area (Å²) in [6.07, 6.45) is 4.41. The van der Waals surface area contributed by atoms with Gasteiger partial charge in [-0.1, -0.05) is 18.2 Å². The number of nitrogens with zero attached hydrogens (tertiary/aromatic N) is 3. The number of aromatic nitrogens is 2. The molecule has 1 aliphatic rings. The number of hydrogen-bond donors (Lipinski definition) is 1. The van der Waals surface area contributed by atoms with E-state index in [9.17, 15) is 9.59 Å². The molecule has 7 nitrogen and oxygen atoms in total. The highest BCUT2D eigenvalue weighted by molar-refractivity contribution is 5.97. The number of ether oxygens (including phenoxy) is 1. The molecule has 4 rings (SSSR count). The fourth-order valence-electron chi connectivity index (χ4n) is 2.86. The van der Waals surface area contributed by atoms with Crippen molar-refractivity contribution in [1.82, 2.24) is 14.9 Å². The molecular weight excluding hydrogens is 356 g/mol. The molecule has 2 aromatic carbocycles. The fraction of sp³-hybridized carbons (Fsp3) is 0.143. The second kappa shape index (κ2) is 7.87. The zero-order valence-corrected chi connectivity index (χ0v) is 15.0. The lowest BCUT2D eigenvalue weighted by Gasteiger charge is -2.37. The molecule has 1 N–H and O–H groups in total. The highest BCUT2D eigenvalue weighted by Crippen LogP contribution is 2.24. The second-order valence-corrected chi connectivity index (χ2v) is 6.43. The Morgan fingerprint density at radius 2 is 1.68 bits per heavy atom. The Morgan fingerprint density at radius 3 is 2.36 bits per heavy atom. The molecule has 2 amide bonds. The van der Waals surface area contributed by atoms with Gasteiger partial charge >= 0.3 is 0 Å². The van der Waals surface area contributed by atoms with E-state index in [2.05, 4.69) is 15.3 Å². The Bertz CT molecular complexity index is 956. The topological polar surface area (TPSA) is 84.4 Å². The quantitative estimate of drug-likeness (QED) is 0.742. The molecule has 28 heavy (non-hydrogen) atoms. The second-order valence-electron chi connectivity index (χ2n) is 6.43. The number of para-hydroxylation sites is 1. The number of likely N-dealkylation sites (tertiary alicyclic amines) is 1. The van der Waals surface area contributed by atoms with Crippen molar-refractivity contribution in [3.63, 3.8) is 0 Å². The third-order valence-electron chi connectivity index (χ3n) is 4.42. The van der Waals surface area contributed by atoms with E-state index in [0.717, 1.165) is 5.75 Å². The van der Waals surface area contributed by atoms with Gasteiger partial charge in [0.1, 0.15) is 17.2 Å². The van der Waals surface area contributed by atoms with Gasteiger partial charge in [-0.15, -0.1) is 0 Å². The van der Waals surface area contributed by atoms with Crippen molar-refractivity contribution in [2.45, 2.75) is 0 Å². The van der Waals surface area contributed by atoms with Crippen molar-refractivity contribution in [2.24, 2.45) is 5.92 Å². The van der Waals surface area contributed by atoms with Crippen molar-refractivity contribution in [3.8, 4) is 11.5 Å². The lowest BCUT2D eigenvalue weighted by Crippen LogP contribution is -2.54. The molecule has 0 unspecified atom stereocenters. The molecule has 7 heteroatoms. The summed E-state index contributed by atoms with van der Waals surface area (Å²) in [7, 11) is 0. The molecule has 1 aromatic heterocycles. The molecular formula is C21H18N4O3. The number of carbonyl (C=O) groups is 2. The minimum atomic E-state index is -0.235. The molecule has 1 fully saturated rings. The summed E-state index contributed by atoms with van der Waals surface area (Å²) in [4.78, 5) is 34.1. The minimum Gasteiger partial charge on any atom is -0.457 e. The smallest absolute Gasteiger partial charge is 0.274 e. The van der Waals surface area contributed by atoms with E-state index in [1.54, 1.807) is 29.2 Å². The van der Waals surface area contributed by atoms with Crippen molar-refractivity contribution in [3.05, 3.63) is 78.9 Å². The summed E-state index contributed by atoms with van der Waals surface area (Å²) >= 11 is 0. The summed E-state index contributed by atoms with van der Waals surface area (Å²) in [5.74, 6) is 0.885. The number of anilines is 1. The molecule has 0 atom stereocenters. The van der Waals surface area contributed by atoms with Crippen LogP contribution in [0.25, 0.3) is 0 Å². The average Bonchev–Trinajstić information content (AvgIpc) is 2.70. The third kappa shape index (κ3) is 3.98. The van der Waals surface area contributed by atoms with E-state index < -0.39 is 0 Å². The Morgan fingerprint density at radius 1 is 0.964 bits per heavy atom. The first-order chi connectivity index (χ1) is 13.7. The standard InChI is InChI=1S/C21H18N4O3/c26-20(15-13-25(14-15)21(27)19-12-22-10-11-23-19)24-16-6-8-18(9-7-16)28-17-4-2-1-3-5-17/h1-12,15H,13-14H2,(H,24,26). The van der Waals surface area contributed by atoms with Crippen molar-refractivity contribution in [2.75, 3.05) is 18.4 Å². The van der Waals surface area contributed by atoms with Crippen LogP contribution in [0.2, 0.25) is 0 Å². The average molecular weight is 374 g/mol. The summed E-state index contributed by atoms with van der Waals surface area (Å²) in [5, 5.41) is 2.87. The number of hydrogen-bond acceptors (Lipinski definition) is 5. The van der Waals surface area contributed by atoms with Crippen LogP contribution in [-0.4, -0.2) is 39.8 Å². The first-order valence-electron chi connectivity index (χ1n) is 8.88. The van der Waals surface area contributed by atoms with E-state index >= 15 is 0 Å². The summed E-state index contributed by atoms with van der Waals surface area (Å²) in [6.45, 7) is 0.743. The van der Waals surface area contributed by atoms with E-state index in [-0.39, 0.29) is 23.4 Å². The summed E-state index contributed by atoms with van der Waals surface area (Å²) in [6, 6.07) is 16.7. The Kier molecular flexibility index (Phi) is 4.97. The van der Waals surface area contributed by atoms with Crippen LogP contribution in [0.1, 0.15) is 10.5 Å². The lowest BCUT2D eigenvalue weighted by molar-refractivity contribution is -0.123. The maximum atomic E-state index is 12.4. The fourth-order valence-corrected chi connectivity index (χ4v) is 2.86. The van der Waals surface area contributed by atoms with Crippen LogP contribution in [0.15, 0.2) is 73.2 Å². The van der Waals surface area contributed by atoms with Crippen LogP contribution in [0, 0.1) is 5.92 Å². The first-order valence-corrected chi connectivity index (χ1v) is 8.88. The highest BCUT2D eigenvalue weighted by Gasteiger charge is 2.36. The number of nitrogens with one attached hydrogen (secondary N) is 1. The summed E-state index contributed by atoms with van der Waals surface area (Å²) < 4.78 is 5.73. The monoisotopic (exact) mass is 374 g/mol. The van der Waals surface area contributed by atoms with Gasteiger partial charge in [0.25, 0.3) is 5.91 Å². The summed E-state index contributed by atoms with van der Waals surface area (Å²) in [5.41, 5.74) is 0.972. The maximum absolute atomic E-state index is 12.4. The molecule has 0 spiro atoms. The predicted octanol–water partition coefficient (Wildman–Crippen LogP) is 2.98. The SMILES string of the molecule is O=C(Nc1ccc(Oc2ccccc2)cc1)C1CN(C(=O)c2cnccn2)C1. The van der Waals surface area contributed by atoms with Gasteiger partial charge in [0, 0.05) is 31.2 Å². The molecule has 0 saturated carbocycles. The van der Waals surface area contributed by atoms with Gasteiger partial charge < -0.3 is 15.0 Å². The molecule has 0 bridgehead atoms. The first kappa shape index (κ1) is 17.7. The molecule has 1 saturated heterocycles. The van der Waals surface area contributed by atoms with Crippen LogP contribution in [0.3, 0.4) is 0 Å². The largest absolute Gasteiger partial charge is 0.457 e. The van der Waals surface area contributed by atoms with Crippen molar-refractivity contribution < 1.29 is 14.3 Å². The van der Waals surface area contributed by atoms with Crippen LogP contribution >= 0.6 is 0 Å². The van der Waals surface area contributed by atoms with Gasteiger partial charge in [0.2, 0.25) is 5.91 Å². The van der Waals surface area contributed by atoms with Gasteiger partial charge in [-0.3, -0.25) is 14.6 Å². The Hall–Kier alpha value is -3.74. The van der Waals surface area contributed by atoms with Gasteiger partial charge in [0.15, 0.2) is 0 Å². The van der Waals surface area contributed by atoms with E-state index in [1.807, 2.05) is 30.3 Å². The van der Waals surface area contributed by atoms with E-state index in [0.29, 0.717) is 24.5 Å². The highest BCUT2D eigenvalue weighted by atomic mass is 16.5. The molecule has 1 aliphatic heterocycles. The van der Waals surface area contributed by atoms with Crippen molar-refractivity contribution >= 4 is 17.5 Å². The zero-order valence-electron chi connectivity index (χ0n) is 15.0. The molecule has 2 heterocycles. The van der Waals surface area contributed by atoms with Crippen LogP contribution in [0.4, 0.5) is 5.69 Å². The number of benzene rings is 2. The lowest BCUT2D eigenvalue weighted by atomic mass is 9.98. The number of amides is 2. The molecule has 0 aliphatic carbocycles. The predicted molar refractivity (Wildman–Crippen MR) is 103 cm³/mol. The van der Waals surface area contributed by atoms with Gasteiger partial charge in [0.05, 0.1) is 12.1 Å². The van der Waals surface area contributed by atoms with Crippen LogP contribution < -0.4 is 10.1 Å². The van der Waals surface area contributed by atoms with Crippen molar-refractivity contribution in [1.29, 1.82) is 0 Å².